The lowest BCUT2D eigenvalue weighted by molar-refractivity contribution is 0.247. The van der Waals surface area contributed by atoms with Crippen molar-refractivity contribution in [3.05, 3.63) is 53.0 Å². The summed E-state index contributed by atoms with van der Waals surface area (Å²) >= 11 is 3.35. The van der Waals surface area contributed by atoms with E-state index >= 15 is 0 Å². The molecule has 22 heavy (non-hydrogen) atoms. The number of urea groups is 1. The second kappa shape index (κ2) is 8.29. The smallest absolute Gasteiger partial charge is 0.319 e. The Morgan fingerprint density at radius 1 is 1.14 bits per heavy atom. The summed E-state index contributed by atoms with van der Waals surface area (Å²) in [5, 5.41) is 5.47. The van der Waals surface area contributed by atoms with Crippen LogP contribution in [0.25, 0.3) is 0 Å². The van der Waals surface area contributed by atoms with Gasteiger partial charge in [0.15, 0.2) is 0 Å². The Kier molecular flexibility index (Phi) is 6.09. The number of carbonyl (C=O) groups is 1. The minimum Gasteiger partial charge on any atom is -0.497 e. The first-order valence-corrected chi connectivity index (χ1v) is 7.54. The van der Waals surface area contributed by atoms with Crippen molar-refractivity contribution in [2.75, 3.05) is 25.6 Å². The lowest BCUT2D eigenvalue weighted by Crippen LogP contribution is -2.32. The Balaban J connectivity index is 1.68. The molecule has 0 bridgehead atoms. The van der Waals surface area contributed by atoms with Crippen LogP contribution >= 0.6 is 15.9 Å². The fourth-order valence-corrected chi connectivity index (χ4v) is 2.15. The van der Waals surface area contributed by atoms with Crippen molar-refractivity contribution < 1.29 is 14.3 Å². The number of ether oxygens (including phenoxy) is 2. The summed E-state index contributed by atoms with van der Waals surface area (Å²) in [6.45, 7) is 0.796. The molecular weight excluding hydrogens is 348 g/mol. The van der Waals surface area contributed by atoms with E-state index in [2.05, 4.69) is 26.6 Å². The van der Waals surface area contributed by atoms with Gasteiger partial charge in [-0.3, -0.25) is 0 Å². The molecule has 0 aliphatic heterocycles. The highest BCUT2D eigenvalue weighted by Gasteiger charge is 2.01. The molecule has 5 nitrogen and oxygen atoms in total. The predicted molar refractivity (Wildman–Crippen MR) is 89.7 cm³/mol. The van der Waals surface area contributed by atoms with E-state index in [4.69, 9.17) is 9.47 Å². The maximum atomic E-state index is 11.7. The molecule has 0 unspecified atom stereocenters. The summed E-state index contributed by atoms with van der Waals surface area (Å²) < 4.78 is 11.5. The van der Waals surface area contributed by atoms with E-state index in [1.165, 1.54) is 0 Å². The van der Waals surface area contributed by atoms with E-state index in [1.807, 2.05) is 48.5 Å². The van der Waals surface area contributed by atoms with Crippen LogP contribution in [0.4, 0.5) is 10.5 Å². The van der Waals surface area contributed by atoms with Gasteiger partial charge in [0, 0.05) is 10.2 Å². The molecule has 0 fully saturated rings. The van der Waals surface area contributed by atoms with Crippen molar-refractivity contribution in [1.82, 2.24) is 5.32 Å². The number of rotatable bonds is 6. The maximum Gasteiger partial charge on any atom is 0.319 e. The first-order valence-electron chi connectivity index (χ1n) is 6.74. The number of hydrogen-bond acceptors (Lipinski definition) is 3. The van der Waals surface area contributed by atoms with Crippen LogP contribution in [0.5, 0.6) is 11.5 Å². The standard InChI is InChI=1S/C16H17BrN2O3/c1-21-14-5-7-15(8-6-14)22-10-9-18-16(20)19-13-4-2-3-12(17)11-13/h2-8,11H,9-10H2,1H3,(H2,18,19,20). The molecule has 2 aromatic carbocycles. The number of nitrogens with one attached hydrogen (secondary N) is 2. The Labute approximate surface area is 137 Å². The van der Waals surface area contributed by atoms with Crippen LogP contribution in [0.2, 0.25) is 0 Å². The summed E-state index contributed by atoms with van der Waals surface area (Å²) in [6.07, 6.45) is 0. The molecule has 0 aliphatic rings. The molecule has 0 atom stereocenters. The minimum atomic E-state index is -0.267. The highest BCUT2D eigenvalue weighted by Crippen LogP contribution is 2.17. The topological polar surface area (TPSA) is 59.6 Å². The van der Waals surface area contributed by atoms with Gasteiger partial charge in [-0.15, -0.1) is 0 Å². The number of methoxy groups -OCH3 is 1. The van der Waals surface area contributed by atoms with E-state index in [9.17, 15) is 4.79 Å². The third-order valence-corrected chi connectivity index (χ3v) is 3.29. The Morgan fingerprint density at radius 2 is 1.86 bits per heavy atom. The van der Waals surface area contributed by atoms with Gasteiger partial charge < -0.3 is 20.1 Å². The molecule has 116 valence electrons. The number of amides is 2. The average molecular weight is 365 g/mol. The lowest BCUT2D eigenvalue weighted by Gasteiger charge is -2.09. The highest BCUT2D eigenvalue weighted by atomic mass is 79.9. The Bertz CT molecular complexity index is 617. The van der Waals surface area contributed by atoms with Crippen LogP contribution in [-0.4, -0.2) is 26.3 Å². The van der Waals surface area contributed by atoms with Crippen molar-refractivity contribution >= 4 is 27.6 Å². The van der Waals surface area contributed by atoms with Gasteiger partial charge in [-0.2, -0.15) is 0 Å². The fraction of sp³-hybridized carbons (Fsp3) is 0.188. The molecule has 0 radical (unpaired) electrons. The van der Waals surface area contributed by atoms with E-state index in [0.717, 1.165) is 21.7 Å². The Morgan fingerprint density at radius 3 is 2.55 bits per heavy atom. The van der Waals surface area contributed by atoms with Crippen molar-refractivity contribution in [2.24, 2.45) is 0 Å². The van der Waals surface area contributed by atoms with E-state index < -0.39 is 0 Å². The minimum absolute atomic E-state index is 0.267. The molecule has 0 aliphatic carbocycles. The summed E-state index contributed by atoms with van der Waals surface area (Å²) in [5.41, 5.74) is 0.725. The molecule has 0 saturated carbocycles. The lowest BCUT2D eigenvalue weighted by atomic mass is 10.3. The van der Waals surface area contributed by atoms with Crippen LogP contribution in [0, 0.1) is 0 Å². The molecule has 2 N–H and O–H groups in total. The first-order chi connectivity index (χ1) is 10.7. The first kappa shape index (κ1) is 16.2. The summed E-state index contributed by atoms with van der Waals surface area (Å²) in [4.78, 5) is 11.7. The van der Waals surface area contributed by atoms with Gasteiger partial charge in [0.1, 0.15) is 18.1 Å². The van der Waals surface area contributed by atoms with Gasteiger partial charge in [0.2, 0.25) is 0 Å². The van der Waals surface area contributed by atoms with Gasteiger partial charge in [0.05, 0.1) is 13.7 Å². The molecule has 2 amide bonds. The summed E-state index contributed by atoms with van der Waals surface area (Å²) in [6, 6.07) is 14.4. The quantitative estimate of drug-likeness (QED) is 0.769. The van der Waals surface area contributed by atoms with Crippen molar-refractivity contribution in [2.45, 2.75) is 0 Å². The number of benzene rings is 2. The third-order valence-electron chi connectivity index (χ3n) is 2.80. The predicted octanol–water partition coefficient (Wildman–Crippen LogP) is 3.66. The zero-order chi connectivity index (χ0) is 15.8. The van der Waals surface area contributed by atoms with Crippen molar-refractivity contribution in [1.29, 1.82) is 0 Å². The van der Waals surface area contributed by atoms with Gasteiger partial charge in [-0.1, -0.05) is 22.0 Å². The van der Waals surface area contributed by atoms with Gasteiger partial charge in [0.25, 0.3) is 0 Å². The molecule has 6 heteroatoms. The van der Waals surface area contributed by atoms with Gasteiger partial charge in [-0.25, -0.2) is 4.79 Å². The Hall–Kier alpha value is -2.21. The molecule has 0 spiro atoms. The van der Waals surface area contributed by atoms with Crippen LogP contribution in [0.15, 0.2) is 53.0 Å². The number of halogens is 1. The highest BCUT2D eigenvalue weighted by molar-refractivity contribution is 9.10. The number of hydrogen-bond donors (Lipinski definition) is 2. The van der Waals surface area contributed by atoms with Gasteiger partial charge in [-0.05, 0) is 42.5 Å². The van der Waals surface area contributed by atoms with Gasteiger partial charge >= 0.3 is 6.03 Å². The SMILES string of the molecule is COc1ccc(OCCNC(=O)Nc2cccc(Br)c2)cc1. The molecule has 0 heterocycles. The molecular formula is C16H17BrN2O3. The van der Waals surface area contributed by atoms with E-state index in [-0.39, 0.29) is 6.03 Å². The van der Waals surface area contributed by atoms with Crippen LogP contribution in [0.1, 0.15) is 0 Å². The molecule has 0 aromatic heterocycles. The third kappa shape index (κ3) is 5.29. The summed E-state index contributed by atoms with van der Waals surface area (Å²) in [5.74, 6) is 1.51. The van der Waals surface area contributed by atoms with E-state index in [1.54, 1.807) is 7.11 Å². The zero-order valence-corrected chi connectivity index (χ0v) is 13.7. The van der Waals surface area contributed by atoms with Crippen molar-refractivity contribution in [3.8, 4) is 11.5 Å². The van der Waals surface area contributed by atoms with Crippen LogP contribution in [0.3, 0.4) is 0 Å². The van der Waals surface area contributed by atoms with E-state index in [0.29, 0.717) is 13.2 Å². The second-order valence-corrected chi connectivity index (χ2v) is 5.33. The molecule has 2 aromatic rings. The number of anilines is 1. The second-order valence-electron chi connectivity index (χ2n) is 4.42. The molecule has 0 saturated heterocycles. The molecule has 2 rings (SSSR count). The normalized spacial score (nSPS) is 9.91. The average Bonchev–Trinajstić information content (AvgIpc) is 2.52. The van der Waals surface area contributed by atoms with Crippen LogP contribution in [-0.2, 0) is 0 Å². The fourth-order valence-electron chi connectivity index (χ4n) is 1.75. The maximum absolute atomic E-state index is 11.7. The van der Waals surface area contributed by atoms with Crippen LogP contribution < -0.4 is 20.1 Å². The zero-order valence-electron chi connectivity index (χ0n) is 12.1. The summed E-state index contributed by atoms with van der Waals surface area (Å²) in [7, 11) is 1.61. The number of carbonyl (C=O) groups excluding carboxylic acids is 1. The van der Waals surface area contributed by atoms with Crippen molar-refractivity contribution in [3.63, 3.8) is 0 Å². The monoisotopic (exact) mass is 364 g/mol. The largest absolute Gasteiger partial charge is 0.497 e.